The van der Waals surface area contributed by atoms with Crippen molar-refractivity contribution in [1.82, 2.24) is 5.32 Å². The molecule has 0 saturated heterocycles. The summed E-state index contributed by atoms with van der Waals surface area (Å²) in [5.41, 5.74) is 6.95. The molecule has 1 aromatic rings. The van der Waals surface area contributed by atoms with Gasteiger partial charge in [0.25, 0.3) is 5.91 Å². The van der Waals surface area contributed by atoms with Gasteiger partial charge in [-0.05, 0) is 36.3 Å². The normalized spacial score (nSPS) is 23.2. The average Bonchev–Trinajstić information content (AvgIpc) is 2.82. The first-order chi connectivity index (χ1) is 17.5. The molecule has 1 unspecified atom stereocenters. The van der Waals surface area contributed by atoms with E-state index in [1.165, 1.54) is 14.2 Å². The van der Waals surface area contributed by atoms with Crippen LogP contribution in [0.4, 0.5) is 5.69 Å². The van der Waals surface area contributed by atoms with Crippen LogP contribution in [0.1, 0.15) is 29.5 Å². The minimum atomic E-state index is -1.14. The van der Waals surface area contributed by atoms with Crippen LogP contribution in [0.2, 0.25) is 0 Å². The molecule has 4 rings (SSSR count). The van der Waals surface area contributed by atoms with Crippen LogP contribution in [0, 0.1) is 17.8 Å². The van der Waals surface area contributed by atoms with E-state index in [0.29, 0.717) is 30.5 Å². The van der Waals surface area contributed by atoms with Crippen LogP contribution in [-0.2, 0) is 36.8 Å². The van der Waals surface area contributed by atoms with Gasteiger partial charge in [0.05, 0.1) is 11.5 Å². The molecular weight excluding hydrogens is 482 g/mol. The van der Waals surface area contributed by atoms with Crippen molar-refractivity contribution < 1.29 is 39.2 Å². The summed E-state index contributed by atoms with van der Waals surface area (Å²) >= 11 is 0. The molecule has 200 valence electrons. The number of phenols is 1. The number of aromatic hydroxyl groups is 1. The number of hydrogen-bond acceptors (Lipinski definition) is 10. The summed E-state index contributed by atoms with van der Waals surface area (Å²) in [5.74, 6) is -5.45. The highest BCUT2D eigenvalue weighted by atomic mass is 16.7. The lowest BCUT2D eigenvalue weighted by Gasteiger charge is -2.41. The maximum absolute atomic E-state index is 13.6. The summed E-state index contributed by atoms with van der Waals surface area (Å²) in [7, 11) is 6.73. The number of nitrogens with two attached hydrogens (primary N) is 1. The van der Waals surface area contributed by atoms with E-state index in [2.05, 4.69) is 5.32 Å². The number of fused-ring (bicyclic) bond motifs is 3. The number of carbonyl (C=O) groups excluding carboxylic acids is 3. The number of anilines is 1. The number of methoxy groups -OCH3 is 2. The molecule has 37 heavy (non-hydrogen) atoms. The molecule has 11 heteroatoms. The van der Waals surface area contributed by atoms with Gasteiger partial charge in [-0.15, -0.1) is 0 Å². The highest BCUT2D eigenvalue weighted by Gasteiger charge is 2.51. The number of nitrogens with zero attached hydrogens (tertiary/aromatic N) is 1. The van der Waals surface area contributed by atoms with Gasteiger partial charge in [-0.2, -0.15) is 0 Å². The van der Waals surface area contributed by atoms with Gasteiger partial charge in [0, 0.05) is 64.6 Å². The number of Topliss-reactive ketones (excluding diaryl/α,β-unsaturated/α-hetero) is 2. The van der Waals surface area contributed by atoms with Crippen molar-refractivity contribution in [1.29, 1.82) is 0 Å². The summed E-state index contributed by atoms with van der Waals surface area (Å²) < 4.78 is 10.3. The topological polar surface area (TPSA) is 172 Å². The number of aliphatic hydroxyl groups is 2. The lowest BCUT2D eigenvalue weighted by Crippen LogP contribution is -2.44. The summed E-state index contributed by atoms with van der Waals surface area (Å²) in [4.78, 5) is 39.7. The number of phenolic OH excluding ortho intramolecular Hbond substituents is 1. The SMILES string of the molecule is COC(CNCc1cc(N(C)C)c2c(c1O)C(O)=C1C(=O)C3C(O)=C(C(N)=O)C(=O)C[C@@H]3C[C@@H]1C2)OC. The number of carbonyl (C=O) groups is 3. The Balaban J connectivity index is 1.79. The Morgan fingerprint density at radius 1 is 1.19 bits per heavy atom. The average molecular weight is 516 g/mol. The molecule has 3 atom stereocenters. The molecule has 0 spiro atoms. The molecule has 3 aliphatic rings. The number of hydrogen-bond donors (Lipinski definition) is 5. The number of amides is 1. The van der Waals surface area contributed by atoms with E-state index in [-0.39, 0.29) is 35.6 Å². The fourth-order valence-electron chi connectivity index (χ4n) is 5.86. The van der Waals surface area contributed by atoms with Gasteiger partial charge in [-0.3, -0.25) is 14.4 Å². The summed E-state index contributed by atoms with van der Waals surface area (Å²) in [6.45, 7) is 0.589. The first-order valence-electron chi connectivity index (χ1n) is 12.1. The van der Waals surface area contributed by atoms with E-state index in [1.807, 2.05) is 25.1 Å². The first kappa shape index (κ1) is 26.6. The number of ketones is 2. The van der Waals surface area contributed by atoms with E-state index >= 15 is 0 Å². The van der Waals surface area contributed by atoms with Gasteiger partial charge in [-0.25, -0.2) is 0 Å². The van der Waals surface area contributed by atoms with Crippen LogP contribution in [0.5, 0.6) is 5.75 Å². The molecule has 0 bridgehead atoms. The fourth-order valence-corrected chi connectivity index (χ4v) is 5.86. The van der Waals surface area contributed by atoms with Gasteiger partial charge in [0.2, 0.25) is 0 Å². The summed E-state index contributed by atoms with van der Waals surface area (Å²) in [6, 6.07) is 1.83. The third-order valence-corrected chi connectivity index (χ3v) is 7.58. The molecule has 3 aliphatic carbocycles. The van der Waals surface area contributed by atoms with Gasteiger partial charge in [0.15, 0.2) is 17.9 Å². The molecule has 0 heterocycles. The van der Waals surface area contributed by atoms with E-state index in [0.717, 1.165) is 5.69 Å². The molecule has 0 aliphatic heterocycles. The minimum absolute atomic E-state index is 0.0856. The third-order valence-electron chi connectivity index (χ3n) is 7.58. The van der Waals surface area contributed by atoms with Crippen molar-refractivity contribution in [3.63, 3.8) is 0 Å². The Morgan fingerprint density at radius 2 is 1.86 bits per heavy atom. The molecular formula is C26H33N3O8. The maximum atomic E-state index is 13.6. The lowest BCUT2D eigenvalue weighted by atomic mass is 9.61. The minimum Gasteiger partial charge on any atom is -0.511 e. The quantitative estimate of drug-likeness (QED) is 0.249. The number of benzene rings is 1. The van der Waals surface area contributed by atoms with Gasteiger partial charge < -0.3 is 40.7 Å². The largest absolute Gasteiger partial charge is 0.511 e. The lowest BCUT2D eigenvalue weighted by molar-refractivity contribution is -0.127. The summed E-state index contributed by atoms with van der Waals surface area (Å²) in [6.07, 6.45) is 0.139. The zero-order chi connectivity index (χ0) is 27.2. The fraction of sp³-hybridized carbons (Fsp3) is 0.500. The van der Waals surface area contributed by atoms with Crippen LogP contribution < -0.4 is 16.0 Å². The monoisotopic (exact) mass is 515 g/mol. The Labute approximate surface area is 214 Å². The molecule has 11 nitrogen and oxygen atoms in total. The van der Waals surface area contributed by atoms with Crippen molar-refractivity contribution >= 4 is 28.9 Å². The molecule has 1 amide bonds. The van der Waals surface area contributed by atoms with Crippen molar-refractivity contribution in [2.75, 3.05) is 39.8 Å². The predicted octanol–water partition coefficient (Wildman–Crippen LogP) is 1.08. The first-order valence-corrected chi connectivity index (χ1v) is 12.1. The second kappa shape index (κ2) is 10.2. The van der Waals surface area contributed by atoms with Crippen LogP contribution in [0.3, 0.4) is 0 Å². The zero-order valence-corrected chi connectivity index (χ0v) is 21.3. The Kier molecular flexibility index (Phi) is 7.31. The standard InChI is InChI=1S/C26H33N3O8/c1-29(2)15-7-13(9-28-10-17(36-3)37-4)22(31)20-14(15)6-11-5-12-8-16(30)21(26(27)35)25(34)19(12)23(32)18(11)24(20)33/h7,11-12,17,19,28,31,33-34H,5-6,8-10H2,1-4H3,(H2,27,35)/t11-,12+,19?/m1/s1. The Hall–Kier alpha value is -3.41. The maximum Gasteiger partial charge on any atom is 0.255 e. The highest BCUT2D eigenvalue weighted by Crippen LogP contribution is 2.52. The van der Waals surface area contributed by atoms with Gasteiger partial charge >= 0.3 is 0 Å². The van der Waals surface area contributed by atoms with E-state index in [4.69, 9.17) is 15.2 Å². The molecule has 0 radical (unpaired) electrons. The second-order valence-corrected chi connectivity index (χ2v) is 9.94. The van der Waals surface area contributed by atoms with Crippen molar-refractivity contribution in [3.8, 4) is 5.75 Å². The number of ether oxygens (including phenoxy) is 2. The van der Waals surface area contributed by atoms with Crippen LogP contribution in [0.25, 0.3) is 5.76 Å². The predicted molar refractivity (Wildman–Crippen MR) is 134 cm³/mol. The van der Waals surface area contributed by atoms with E-state index < -0.39 is 52.8 Å². The number of rotatable bonds is 8. The number of allylic oxidation sites excluding steroid dienone is 2. The number of nitrogens with one attached hydrogen (secondary N) is 1. The highest BCUT2D eigenvalue weighted by molar-refractivity contribution is 6.21. The molecule has 6 N–H and O–H groups in total. The van der Waals surface area contributed by atoms with Gasteiger partial charge in [0.1, 0.15) is 22.8 Å². The number of aliphatic hydroxyl groups excluding tert-OH is 2. The third kappa shape index (κ3) is 4.47. The zero-order valence-electron chi connectivity index (χ0n) is 21.3. The van der Waals surface area contributed by atoms with Crippen molar-refractivity contribution in [2.24, 2.45) is 23.5 Å². The molecule has 1 aromatic carbocycles. The smallest absolute Gasteiger partial charge is 0.255 e. The Morgan fingerprint density at radius 3 is 2.46 bits per heavy atom. The van der Waals surface area contributed by atoms with E-state index in [9.17, 15) is 29.7 Å². The molecule has 1 fully saturated rings. The Bertz CT molecular complexity index is 1210. The van der Waals surface area contributed by atoms with Crippen molar-refractivity contribution in [2.45, 2.75) is 32.1 Å². The van der Waals surface area contributed by atoms with Gasteiger partial charge in [-0.1, -0.05) is 0 Å². The molecule has 1 saturated carbocycles. The van der Waals surface area contributed by atoms with Crippen LogP contribution in [-0.4, -0.2) is 73.9 Å². The van der Waals surface area contributed by atoms with Crippen LogP contribution in [0.15, 0.2) is 23.0 Å². The van der Waals surface area contributed by atoms with E-state index in [1.54, 1.807) is 0 Å². The molecule has 0 aromatic heterocycles. The van der Waals surface area contributed by atoms with Crippen LogP contribution >= 0.6 is 0 Å². The second-order valence-electron chi connectivity index (χ2n) is 9.94. The summed E-state index contributed by atoms with van der Waals surface area (Å²) in [5, 5.41) is 36.5. The van der Waals surface area contributed by atoms with Crippen molar-refractivity contribution in [3.05, 3.63) is 39.7 Å². The number of primary amides is 1.